The predicted octanol–water partition coefficient (Wildman–Crippen LogP) is -0.208. The molecular formula is C8H15NO3. The number of esters is 1. The van der Waals surface area contributed by atoms with E-state index in [0.717, 1.165) is 6.42 Å². The van der Waals surface area contributed by atoms with Crippen molar-refractivity contribution in [3.8, 4) is 0 Å². The van der Waals surface area contributed by atoms with Crippen molar-refractivity contribution in [3.05, 3.63) is 0 Å². The maximum absolute atomic E-state index is 11.1. The van der Waals surface area contributed by atoms with Gasteiger partial charge in [0.15, 0.2) is 0 Å². The fourth-order valence-corrected chi connectivity index (χ4v) is 1.30. The lowest BCUT2D eigenvalue weighted by molar-refractivity contribution is -0.156. The van der Waals surface area contributed by atoms with E-state index in [1.807, 2.05) is 0 Å². The van der Waals surface area contributed by atoms with Gasteiger partial charge in [0.1, 0.15) is 6.04 Å². The second kappa shape index (κ2) is 3.41. The van der Waals surface area contributed by atoms with Crippen LogP contribution >= 0.6 is 0 Å². The Morgan fingerprint density at radius 2 is 2.33 bits per heavy atom. The summed E-state index contributed by atoms with van der Waals surface area (Å²) in [6.45, 7) is 2.03. The monoisotopic (exact) mass is 173 g/mol. The Hall–Kier alpha value is -0.610. The van der Waals surface area contributed by atoms with Crippen molar-refractivity contribution in [2.45, 2.75) is 37.8 Å². The smallest absolute Gasteiger partial charge is 0.325 e. The zero-order valence-electron chi connectivity index (χ0n) is 7.25. The summed E-state index contributed by atoms with van der Waals surface area (Å²) in [5.74, 6) is -0.500. The Balaban J connectivity index is 2.45. The molecule has 3 N–H and O–H groups in total. The number of carbonyl (C=O) groups is 1. The quantitative estimate of drug-likeness (QED) is 0.579. The van der Waals surface area contributed by atoms with Gasteiger partial charge in [0.2, 0.25) is 0 Å². The van der Waals surface area contributed by atoms with Crippen LogP contribution in [0.5, 0.6) is 0 Å². The van der Waals surface area contributed by atoms with E-state index in [1.165, 1.54) is 0 Å². The van der Waals surface area contributed by atoms with Crippen LogP contribution in [0, 0.1) is 0 Å². The maximum atomic E-state index is 11.1. The Morgan fingerprint density at radius 3 is 2.67 bits per heavy atom. The minimum absolute atomic E-state index is 0.308. The van der Waals surface area contributed by atoms with Gasteiger partial charge in [-0.25, -0.2) is 0 Å². The van der Waals surface area contributed by atoms with E-state index in [2.05, 4.69) is 0 Å². The molecule has 0 aromatic heterocycles. The van der Waals surface area contributed by atoms with Gasteiger partial charge in [0, 0.05) is 0 Å². The molecular weight excluding hydrogens is 158 g/mol. The van der Waals surface area contributed by atoms with E-state index in [1.54, 1.807) is 6.92 Å². The third-order valence-electron chi connectivity index (χ3n) is 2.34. The molecule has 0 aliphatic heterocycles. The van der Waals surface area contributed by atoms with Crippen molar-refractivity contribution >= 4 is 5.97 Å². The minimum Gasteiger partial charge on any atom is -0.465 e. The standard InChI is InChI=1S/C8H15NO3/c1-2-12-7(10)6(9)8(11)4-3-5-8/h6,11H,2-5,9H2,1H3. The summed E-state index contributed by atoms with van der Waals surface area (Å²) in [7, 11) is 0. The molecule has 12 heavy (non-hydrogen) atoms. The highest BCUT2D eigenvalue weighted by atomic mass is 16.5. The Labute approximate surface area is 71.7 Å². The van der Waals surface area contributed by atoms with Crippen LogP contribution in [-0.4, -0.2) is 29.3 Å². The molecule has 0 spiro atoms. The normalized spacial score (nSPS) is 22.6. The third kappa shape index (κ3) is 1.59. The highest BCUT2D eigenvalue weighted by Gasteiger charge is 2.44. The van der Waals surface area contributed by atoms with Crippen LogP contribution in [0.4, 0.5) is 0 Å². The molecule has 1 saturated carbocycles. The highest BCUT2D eigenvalue weighted by Crippen LogP contribution is 2.34. The SMILES string of the molecule is CCOC(=O)C(N)C1(O)CCC1. The first-order valence-corrected chi connectivity index (χ1v) is 4.25. The van der Waals surface area contributed by atoms with Crippen LogP contribution in [0.25, 0.3) is 0 Å². The summed E-state index contributed by atoms with van der Waals surface area (Å²) in [6, 6.07) is -0.869. The van der Waals surface area contributed by atoms with Gasteiger partial charge in [0.05, 0.1) is 12.2 Å². The van der Waals surface area contributed by atoms with Crippen LogP contribution in [0.3, 0.4) is 0 Å². The number of carbonyl (C=O) groups excluding carboxylic acids is 1. The number of nitrogens with two attached hydrogens (primary N) is 1. The van der Waals surface area contributed by atoms with E-state index >= 15 is 0 Å². The van der Waals surface area contributed by atoms with Crippen LogP contribution in [0.15, 0.2) is 0 Å². The van der Waals surface area contributed by atoms with Crippen molar-refractivity contribution in [2.75, 3.05) is 6.61 Å². The first kappa shape index (κ1) is 9.48. The summed E-state index contributed by atoms with van der Waals surface area (Å²) in [5, 5.41) is 9.65. The predicted molar refractivity (Wildman–Crippen MR) is 43.4 cm³/mol. The summed E-state index contributed by atoms with van der Waals surface area (Å²) >= 11 is 0. The molecule has 1 atom stereocenters. The van der Waals surface area contributed by atoms with Crippen LogP contribution in [0.2, 0.25) is 0 Å². The summed E-state index contributed by atoms with van der Waals surface area (Å²) in [6.07, 6.45) is 2.14. The summed E-state index contributed by atoms with van der Waals surface area (Å²) in [5.41, 5.74) is 4.52. The van der Waals surface area contributed by atoms with Crippen LogP contribution in [-0.2, 0) is 9.53 Å². The lowest BCUT2D eigenvalue weighted by Gasteiger charge is -2.39. The molecule has 1 rings (SSSR count). The second-order valence-electron chi connectivity index (χ2n) is 3.19. The first-order valence-electron chi connectivity index (χ1n) is 4.25. The zero-order chi connectivity index (χ0) is 9.19. The first-order chi connectivity index (χ1) is 5.60. The molecule has 0 amide bonds. The summed E-state index contributed by atoms with van der Waals surface area (Å²) in [4.78, 5) is 11.1. The molecule has 1 aliphatic carbocycles. The van der Waals surface area contributed by atoms with Gasteiger partial charge >= 0.3 is 5.97 Å². The Bertz CT molecular complexity index is 177. The molecule has 1 fully saturated rings. The van der Waals surface area contributed by atoms with Gasteiger partial charge in [-0.05, 0) is 26.2 Å². The molecule has 0 radical (unpaired) electrons. The zero-order valence-corrected chi connectivity index (χ0v) is 7.25. The summed E-state index contributed by atoms with van der Waals surface area (Å²) < 4.78 is 4.70. The highest BCUT2D eigenvalue weighted by molar-refractivity contribution is 5.77. The lowest BCUT2D eigenvalue weighted by atomic mass is 9.75. The minimum atomic E-state index is -0.994. The molecule has 4 nitrogen and oxygen atoms in total. The average Bonchev–Trinajstić information content (AvgIpc) is 1.99. The van der Waals surface area contributed by atoms with Gasteiger partial charge in [-0.3, -0.25) is 4.79 Å². The molecule has 0 aromatic rings. The molecule has 70 valence electrons. The van der Waals surface area contributed by atoms with Crippen molar-refractivity contribution in [2.24, 2.45) is 5.73 Å². The van der Waals surface area contributed by atoms with Crippen LogP contribution in [0.1, 0.15) is 26.2 Å². The number of aliphatic hydroxyl groups is 1. The van der Waals surface area contributed by atoms with Crippen molar-refractivity contribution in [3.63, 3.8) is 0 Å². The number of rotatable bonds is 3. The number of ether oxygens (including phenoxy) is 1. The molecule has 1 aliphatic rings. The molecule has 0 bridgehead atoms. The van der Waals surface area contributed by atoms with Crippen molar-refractivity contribution < 1.29 is 14.6 Å². The molecule has 0 saturated heterocycles. The van der Waals surface area contributed by atoms with E-state index in [0.29, 0.717) is 19.4 Å². The largest absolute Gasteiger partial charge is 0.465 e. The van der Waals surface area contributed by atoms with Gasteiger partial charge < -0.3 is 15.6 Å². The van der Waals surface area contributed by atoms with E-state index in [9.17, 15) is 9.90 Å². The Kier molecular flexibility index (Phi) is 2.69. The number of hydrogen-bond donors (Lipinski definition) is 2. The number of hydrogen-bond acceptors (Lipinski definition) is 4. The molecule has 4 heteroatoms. The van der Waals surface area contributed by atoms with Crippen molar-refractivity contribution in [1.82, 2.24) is 0 Å². The molecule has 0 aromatic carbocycles. The van der Waals surface area contributed by atoms with Gasteiger partial charge in [-0.1, -0.05) is 0 Å². The fourth-order valence-electron chi connectivity index (χ4n) is 1.30. The van der Waals surface area contributed by atoms with Crippen LogP contribution < -0.4 is 5.73 Å². The average molecular weight is 173 g/mol. The van der Waals surface area contributed by atoms with Crippen molar-refractivity contribution in [1.29, 1.82) is 0 Å². The fraction of sp³-hybridized carbons (Fsp3) is 0.875. The van der Waals surface area contributed by atoms with Gasteiger partial charge in [-0.15, -0.1) is 0 Å². The third-order valence-corrected chi connectivity index (χ3v) is 2.34. The maximum Gasteiger partial charge on any atom is 0.325 e. The van der Waals surface area contributed by atoms with Gasteiger partial charge in [0.25, 0.3) is 0 Å². The lowest BCUT2D eigenvalue weighted by Crippen LogP contribution is -2.57. The second-order valence-corrected chi connectivity index (χ2v) is 3.19. The Morgan fingerprint density at radius 1 is 1.75 bits per heavy atom. The van der Waals surface area contributed by atoms with E-state index < -0.39 is 17.6 Å². The molecule has 1 unspecified atom stereocenters. The van der Waals surface area contributed by atoms with E-state index in [4.69, 9.17) is 10.5 Å². The van der Waals surface area contributed by atoms with E-state index in [-0.39, 0.29) is 0 Å². The van der Waals surface area contributed by atoms with Gasteiger partial charge in [-0.2, -0.15) is 0 Å². The molecule has 0 heterocycles. The topological polar surface area (TPSA) is 72.5 Å².